The molecule has 1 fully saturated rings. The number of amides is 1. The van der Waals surface area contributed by atoms with Crippen molar-refractivity contribution in [2.75, 3.05) is 10.6 Å². The molecular formula is C20H21N5O2. The van der Waals surface area contributed by atoms with Crippen LogP contribution in [0.25, 0.3) is 10.9 Å². The highest BCUT2D eigenvalue weighted by Crippen LogP contribution is 2.23. The van der Waals surface area contributed by atoms with Gasteiger partial charge in [-0.05, 0) is 43.9 Å². The third kappa shape index (κ3) is 4.03. The summed E-state index contributed by atoms with van der Waals surface area (Å²) in [6.07, 6.45) is 8.10. The summed E-state index contributed by atoms with van der Waals surface area (Å²) in [5.41, 5.74) is 1.72. The van der Waals surface area contributed by atoms with E-state index < -0.39 is 0 Å². The van der Waals surface area contributed by atoms with E-state index in [2.05, 4.69) is 25.6 Å². The maximum absolute atomic E-state index is 12.7. The molecule has 1 saturated carbocycles. The lowest BCUT2D eigenvalue weighted by Gasteiger charge is -2.26. The zero-order valence-electron chi connectivity index (χ0n) is 14.8. The average molecular weight is 363 g/mol. The van der Waals surface area contributed by atoms with Gasteiger partial charge in [0.1, 0.15) is 0 Å². The van der Waals surface area contributed by atoms with Crippen LogP contribution in [0.1, 0.15) is 36.0 Å². The third-order valence-corrected chi connectivity index (χ3v) is 4.80. The van der Waals surface area contributed by atoms with E-state index in [9.17, 15) is 9.90 Å². The van der Waals surface area contributed by atoms with Crippen molar-refractivity contribution in [3.63, 3.8) is 0 Å². The van der Waals surface area contributed by atoms with E-state index in [4.69, 9.17) is 0 Å². The van der Waals surface area contributed by atoms with Gasteiger partial charge in [-0.1, -0.05) is 12.1 Å². The fourth-order valence-corrected chi connectivity index (χ4v) is 3.35. The molecule has 0 saturated heterocycles. The van der Waals surface area contributed by atoms with Crippen LogP contribution in [0.3, 0.4) is 0 Å². The van der Waals surface area contributed by atoms with Gasteiger partial charge >= 0.3 is 0 Å². The molecule has 0 spiro atoms. The summed E-state index contributed by atoms with van der Waals surface area (Å²) in [7, 11) is 0. The van der Waals surface area contributed by atoms with E-state index in [-0.39, 0.29) is 18.1 Å². The first kappa shape index (κ1) is 17.4. The molecule has 4 rings (SSSR count). The summed E-state index contributed by atoms with van der Waals surface area (Å²) in [5, 5.41) is 16.6. The standard InChI is InChI=1S/C20H21N5O2/c26-16-8-6-14(7-9-16)24-20-22-11-13-3-1-5-17(18(13)25-20)19(27)23-15-4-2-10-21-12-15/h1-5,10-12,14,16,26H,6-9H2,(H,23,27)(H,22,24,25). The Bertz CT molecular complexity index is 940. The molecule has 0 bridgehead atoms. The molecule has 0 radical (unpaired) electrons. The molecule has 0 atom stereocenters. The van der Waals surface area contributed by atoms with Gasteiger partial charge in [-0.3, -0.25) is 9.78 Å². The van der Waals surface area contributed by atoms with Crippen LogP contribution in [0, 0.1) is 0 Å². The number of benzene rings is 1. The number of hydrogen-bond donors (Lipinski definition) is 3. The molecule has 0 aliphatic heterocycles. The van der Waals surface area contributed by atoms with Crippen molar-refractivity contribution in [1.29, 1.82) is 0 Å². The Kier molecular flexibility index (Phi) is 4.93. The summed E-state index contributed by atoms with van der Waals surface area (Å²) < 4.78 is 0. The highest BCUT2D eigenvalue weighted by Gasteiger charge is 2.20. The largest absolute Gasteiger partial charge is 0.393 e. The quantitative estimate of drug-likeness (QED) is 0.659. The molecule has 27 heavy (non-hydrogen) atoms. The number of hydrogen-bond acceptors (Lipinski definition) is 6. The van der Waals surface area contributed by atoms with Crippen molar-refractivity contribution in [2.45, 2.75) is 37.8 Å². The van der Waals surface area contributed by atoms with E-state index in [0.717, 1.165) is 31.1 Å². The summed E-state index contributed by atoms with van der Waals surface area (Å²) in [6.45, 7) is 0. The van der Waals surface area contributed by atoms with Gasteiger partial charge in [0, 0.05) is 23.8 Å². The van der Waals surface area contributed by atoms with Gasteiger partial charge in [0.15, 0.2) is 0 Å². The number of nitrogens with zero attached hydrogens (tertiary/aromatic N) is 3. The molecule has 1 amide bonds. The van der Waals surface area contributed by atoms with Gasteiger partial charge in [-0.25, -0.2) is 9.97 Å². The van der Waals surface area contributed by atoms with Gasteiger partial charge in [-0.15, -0.1) is 0 Å². The lowest BCUT2D eigenvalue weighted by molar-refractivity contribution is 0.102. The minimum Gasteiger partial charge on any atom is -0.393 e. The number of aliphatic hydroxyl groups is 1. The number of nitrogens with one attached hydrogen (secondary N) is 2. The normalized spacial score (nSPS) is 19.6. The molecule has 1 aromatic carbocycles. The third-order valence-electron chi connectivity index (χ3n) is 4.80. The van der Waals surface area contributed by atoms with Gasteiger partial charge in [-0.2, -0.15) is 0 Å². The van der Waals surface area contributed by atoms with Crippen molar-refractivity contribution in [3.8, 4) is 0 Å². The number of rotatable bonds is 4. The number of anilines is 2. The zero-order valence-corrected chi connectivity index (χ0v) is 14.8. The van der Waals surface area contributed by atoms with Gasteiger partial charge < -0.3 is 15.7 Å². The Morgan fingerprint density at radius 1 is 1.07 bits per heavy atom. The molecule has 2 heterocycles. The summed E-state index contributed by atoms with van der Waals surface area (Å²) in [4.78, 5) is 25.7. The first-order valence-corrected chi connectivity index (χ1v) is 9.11. The Morgan fingerprint density at radius 3 is 2.70 bits per heavy atom. The van der Waals surface area contributed by atoms with E-state index in [1.807, 2.05) is 12.1 Å². The van der Waals surface area contributed by atoms with Crippen LogP contribution in [0.2, 0.25) is 0 Å². The predicted octanol–water partition coefficient (Wildman–Crippen LogP) is 2.99. The predicted molar refractivity (Wildman–Crippen MR) is 104 cm³/mol. The highest BCUT2D eigenvalue weighted by molar-refractivity contribution is 6.11. The number of aliphatic hydroxyl groups excluding tert-OH is 1. The first-order chi connectivity index (χ1) is 13.2. The van der Waals surface area contributed by atoms with E-state index in [1.165, 1.54) is 0 Å². The second-order valence-electron chi connectivity index (χ2n) is 6.78. The first-order valence-electron chi connectivity index (χ1n) is 9.11. The topological polar surface area (TPSA) is 100 Å². The summed E-state index contributed by atoms with van der Waals surface area (Å²) in [5.74, 6) is 0.268. The SMILES string of the molecule is O=C(Nc1cccnc1)c1cccc2cnc(NC3CCC(O)CC3)nc12. The monoisotopic (exact) mass is 363 g/mol. The molecule has 7 heteroatoms. The molecule has 138 valence electrons. The number of para-hydroxylation sites is 1. The highest BCUT2D eigenvalue weighted by atomic mass is 16.3. The van der Waals surface area contributed by atoms with Crippen molar-refractivity contribution >= 4 is 28.4 Å². The molecule has 7 nitrogen and oxygen atoms in total. The average Bonchev–Trinajstić information content (AvgIpc) is 2.70. The van der Waals surface area contributed by atoms with E-state index in [1.54, 1.807) is 36.8 Å². The molecule has 1 aliphatic carbocycles. The summed E-state index contributed by atoms with van der Waals surface area (Å²) >= 11 is 0. The zero-order chi connectivity index (χ0) is 18.6. The molecule has 3 N–H and O–H groups in total. The van der Waals surface area contributed by atoms with Crippen molar-refractivity contribution < 1.29 is 9.90 Å². The number of fused-ring (bicyclic) bond motifs is 1. The van der Waals surface area contributed by atoms with Crippen molar-refractivity contribution in [2.24, 2.45) is 0 Å². The van der Waals surface area contributed by atoms with Crippen molar-refractivity contribution in [1.82, 2.24) is 15.0 Å². The fraction of sp³-hybridized carbons (Fsp3) is 0.300. The number of carbonyl (C=O) groups is 1. The lowest BCUT2D eigenvalue weighted by atomic mass is 9.93. The fourth-order valence-electron chi connectivity index (χ4n) is 3.35. The Balaban J connectivity index is 1.58. The number of aromatic nitrogens is 3. The van der Waals surface area contributed by atoms with Gasteiger partial charge in [0.05, 0.1) is 29.1 Å². The number of pyridine rings is 1. The molecular weight excluding hydrogens is 342 g/mol. The van der Waals surface area contributed by atoms with Crippen LogP contribution < -0.4 is 10.6 Å². The maximum atomic E-state index is 12.7. The Labute approximate surface area is 156 Å². The van der Waals surface area contributed by atoms with Crippen LogP contribution >= 0.6 is 0 Å². The van der Waals surface area contributed by atoms with E-state index in [0.29, 0.717) is 22.7 Å². The second kappa shape index (κ2) is 7.67. The second-order valence-corrected chi connectivity index (χ2v) is 6.78. The van der Waals surface area contributed by atoms with Crippen LogP contribution in [0.15, 0.2) is 48.9 Å². The van der Waals surface area contributed by atoms with Crippen LogP contribution in [-0.2, 0) is 0 Å². The smallest absolute Gasteiger partial charge is 0.257 e. The molecule has 0 unspecified atom stereocenters. The lowest BCUT2D eigenvalue weighted by Crippen LogP contribution is -2.29. The molecule has 3 aromatic rings. The van der Waals surface area contributed by atoms with Crippen molar-refractivity contribution in [3.05, 3.63) is 54.5 Å². The van der Waals surface area contributed by atoms with E-state index >= 15 is 0 Å². The Hall–Kier alpha value is -3.06. The molecule has 1 aliphatic rings. The van der Waals surface area contributed by atoms with Crippen LogP contribution in [0.5, 0.6) is 0 Å². The van der Waals surface area contributed by atoms with Gasteiger partial charge in [0.2, 0.25) is 5.95 Å². The van der Waals surface area contributed by atoms with Crippen LogP contribution in [0.4, 0.5) is 11.6 Å². The van der Waals surface area contributed by atoms with Gasteiger partial charge in [0.25, 0.3) is 5.91 Å². The number of carbonyl (C=O) groups excluding carboxylic acids is 1. The Morgan fingerprint density at radius 2 is 1.93 bits per heavy atom. The minimum absolute atomic E-state index is 0.205. The minimum atomic E-state index is -0.237. The summed E-state index contributed by atoms with van der Waals surface area (Å²) in [6, 6.07) is 9.25. The molecule has 2 aromatic heterocycles. The van der Waals surface area contributed by atoms with Crippen LogP contribution in [-0.4, -0.2) is 38.1 Å². The maximum Gasteiger partial charge on any atom is 0.257 e.